The van der Waals surface area contributed by atoms with E-state index < -0.39 is 11.5 Å². The van der Waals surface area contributed by atoms with Gasteiger partial charge in [0.05, 0.1) is 11.2 Å². The molecule has 4 rings (SSSR count). The molecule has 1 fully saturated rings. The summed E-state index contributed by atoms with van der Waals surface area (Å²) >= 11 is 12.3. The minimum absolute atomic E-state index is 0.0314. The molecule has 0 N–H and O–H groups in total. The van der Waals surface area contributed by atoms with E-state index in [1.54, 1.807) is 18.3 Å². The largest absolute Gasteiger partial charge is 0.489 e. The van der Waals surface area contributed by atoms with Gasteiger partial charge in [0.25, 0.3) is 0 Å². The van der Waals surface area contributed by atoms with Crippen LogP contribution in [0.3, 0.4) is 0 Å². The standard InChI is InChI=1S/C17H12Cl2F2N4O/c18-13-12(26-8-17(21)5-6-17)4-3-11(14(13)20)25(19)16-15-10(23-9-24-16)2-1-7-22-15/h1-4,7,9H,5-6,8H2. The van der Waals surface area contributed by atoms with Gasteiger partial charge in [-0.2, -0.15) is 0 Å². The van der Waals surface area contributed by atoms with Crippen molar-refractivity contribution in [1.82, 2.24) is 15.0 Å². The quantitative estimate of drug-likeness (QED) is 0.568. The molecule has 0 amide bonds. The summed E-state index contributed by atoms with van der Waals surface area (Å²) in [5.41, 5.74) is -0.389. The van der Waals surface area contributed by atoms with Crippen molar-refractivity contribution >= 4 is 45.9 Å². The molecule has 1 saturated carbocycles. The smallest absolute Gasteiger partial charge is 0.177 e. The number of aromatic nitrogens is 3. The zero-order valence-electron chi connectivity index (χ0n) is 13.3. The Hall–Kier alpha value is -2.25. The van der Waals surface area contributed by atoms with Crippen LogP contribution in [0.15, 0.2) is 36.8 Å². The summed E-state index contributed by atoms with van der Waals surface area (Å²) in [7, 11) is 0. The Morgan fingerprint density at radius 2 is 2.00 bits per heavy atom. The molecule has 0 aliphatic heterocycles. The lowest BCUT2D eigenvalue weighted by molar-refractivity contribution is 0.177. The van der Waals surface area contributed by atoms with Gasteiger partial charge in [-0.3, -0.25) is 4.98 Å². The number of hydrogen-bond donors (Lipinski definition) is 0. The highest BCUT2D eigenvalue weighted by molar-refractivity contribution is 6.34. The highest BCUT2D eigenvalue weighted by atomic mass is 35.5. The average Bonchev–Trinajstić information content (AvgIpc) is 3.39. The van der Waals surface area contributed by atoms with Gasteiger partial charge in [0.2, 0.25) is 0 Å². The Bertz CT molecular complexity index is 979. The molecule has 2 aromatic heterocycles. The van der Waals surface area contributed by atoms with Crippen LogP contribution >= 0.6 is 23.4 Å². The fraction of sp³-hybridized carbons (Fsp3) is 0.235. The Morgan fingerprint density at radius 3 is 2.77 bits per heavy atom. The van der Waals surface area contributed by atoms with Crippen LogP contribution < -0.4 is 9.16 Å². The zero-order chi connectivity index (χ0) is 18.3. The van der Waals surface area contributed by atoms with Crippen molar-refractivity contribution in [3.63, 3.8) is 0 Å². The van der Waals surface area contributed by atoms with E-state index >= 15 is 0 Å². The molecular formula is C17H12Cl2F2N4O. The van der Waals surface area contributed by atoms with Gasteiger partial charge in [-0.1, -0.05) is 11.6 Å². The van der Waals surface area contributed by atoms with Crippen molar-refractivity contribution in [2.45, 2.75) is 18.5 Å². The molecule has 0 radical (unpaired) electrons. The van der Waals surface area contributed by atoms with Crippen LogP contribution in [0, 0.1) is 5.82 Å². The molecule has 3 aromatic rings. The monoisotopic (exact) mass is 396 g/mol. The van der Waals surface area contributed by atoms with Crippen LogP contribution in [0.2, 0.25) is 5.02 Å². The van der Waals surface area contributed by atoms with Crippen LogP contribution in [-0.2, 0) is 0 Å². The SMILES string of the molecule is Fc1c(N(Cl)c2ncnc3cccnc23)ccc(OCC2(F)CC2)c1Cl. The molecule has 0 unspecified atom stereocenters. The molecule has 26 heavy (non-hydrogen) atoms. The van der Waals surface area contributed by atoms with Crippen molar-refractivity contribution in [1.29, 1.82) is 0 Å². The summed E-state index contributed by atoms with van der Waals surface area (Å²) in [6, 6.07) is 6.29. The first-order valence-corrected chi connectivity index (χ1v) is 8.51. The summed E-state index contributed by atoms with van der Waals surface area (Å²) in [5.74, 6) is -0.528. The summed E-state index contributed by atoms with van der Waals surface area (Å²) in [5, 5.41) is -0.274. The third-order valence-corrected chi connectivity index (χ3v) is 4.77. The first kappa shape index (κ1) is 17.2. The fourth-order valence-corrected chi connectivity index (χ4v) is 2.88. The average molecular weight is 397 g/mol. The van der Waals surface area contributed by atoms with E-state index in [0.29, 0.717) is 23.9 Å². The van der Waals surface area contributed by atoms with Gasteiger partial charge in [0.15, 0.2) is 11.6 Å². The first-order chi connectivity index (χ1) is 12.5. The molecule has 0 saturated heterocycles. The van der Waals surface area contributed by atoms with E-state index in [0.717, 1.165) is 4.42 Å². The molecule has 1 aromatic carbocycles. The van der Waals surface area contributed by atoms with E-state index in [4.69, 9.17) is 28.1 Å². The lowest BCUT2D eigenvalue weighted by Gasteiger charge is -2.18. The minimum atomic E-state index is -1.33. The van der Waals surface area contributed by atoms with Gasteiger partial charge in [-0.25, -0.2) is 23.2 Å². The predicted octanol–water partition coefficient (Wildman–Crippen LogP) is 4.99. The van der Waals surface area contributed by atoms with Crippen molar-refractivity contribution in [2.24, 2.45) is 0 Å². The molecule has 9 heteroatoms. The maximum absolute atomic E-state index is 14.7. The van der Waals surface area contributed by atoms with E-state index in [2.05, 4.69) is 15.0 Å². The van der Waals surface area contributed by atoms with Gasteiger partial charge in [0, 0.05) is 18.0 Å². The summed E-state index contributed by atoms with van der Waals surface area (Å²) in [4.78, 5) is 12.4. The molecule has 1 aliphatic rings. The number of benzene rings is 1. The van der Waals surface area contributed by atoms with Gasteiger partial charge >= 0.3 is 0 Å². The number of ether oxygens (including phenoxy) is 1. The van der Waals surface area contributed by atoms with Gasteiger partial charge in [-0.15, -0.1) is 0 Å². The predicted molar refractivity (Wildman–Crippen MR) is 95.3 cm³/mol. The molecule has 1 aliphatic carbocycles. The highest BCUT2D eigenvalue weighted by Gasteiger charge is 2.44. The molecule has 0 bridgehead atoms. The molecule has 0 atom stereocenters. The second-order valence-corrected chi connectivity index (χ2v) is 6.72. The van der Waals surface area contributed by atoms with Crippen LogP contribution in [0.25, 0.3) is 11.0 Å². The molecule has 5 nitrogen and oxygen atoms in total. The molecular weight excluding hydrogens is 385 g/mol. The van der Waals surface area contributed by atoms with Crippen molar-refractivity contribution in [2.75, 3.05) is 11.0 Å². The van der Waals surface area contributed by atoms with Crippen LogP contribution in [0.4, 0.5) is 20.3 Å². The fourth-order valence-electron chi connectivity index (χ4n) is 2.41. The number of halogens is 4. The maximum atomic E-state index is 14.7. The van der Waals surface area contributed by atoms with Gasteiger partial charge in [-0.05, 0) is 37.1 Å². The minimum Gasteiger partial charge on any atom is -0.489 e. The van der Waals surface area contributed by atoms with Crippen LogP contribution in [0.5, 0.6) is 5.75 Å². The van der Waals surface area contributed by atoms with Crippen LogP contribution in [-0.4, -0.2) is 27.2 Å². The third-order valence-electron chi connectivity index (χ3n) is 4.08. The summed E-state index contributed by atoms with van der Waals surface area (Å²) < 4.78 is 34.7. The number of anilines is 2. The second kappa shape index (κ2) is 6.48. The lowest BCUT2D eigenvalue weighted by Crippen LogP contribution is -2.14. The zero-order valence-corrected chi connectivity index (χ0v) is 14.8. The van der Waals surface area contributed by atoms with Crippen molar-refractivity contribution < 1.29 is 13.5 Å². The van der Waals surface area contributed by atoms with Crippen molar-refractivity contribution in [3.05, 3.63) is 47.6 Å². The Kier molecular flexibility index (Phi) is 4.28. The third kappa shape index (κ3) is 3.12. The Labute approximate surface area is 157 Å². The number of hydrogen-bond acceptors (Lipinski definition) is 5. The Morgan fingerprint density at radius 1 is 1.19 bits per heavy atom. The highest BCUT2D eigenvalue weighted by Crippen LogP contribution is 2.42. The summed E-state index contributed by atoms with van der Waals surface area (Å²) in [6.07, 6.45) is 3.75. The van der Waals surface area contributed by atoms with E-state index in [-0.39, 0.29) is 28.9 Å². The number of rotatable bonds is 5. The number of fused-ring (bicyclic) bond motifs is 1. The normalized spacial score (nSPS) is 15.1. The van der Waals surface area contributed by atoms with E-state index in [1.165, 1.54) is 18.5 Å². The lowest BCUT2D eigenvalue weighted by atomic mass is 10.2. The van der Waals surface area contributed by atoms with Crippen LogP contribution in [0.1, 0.15) is 12.8 Å². The van der Waals surface area contributed by atoms with E-state index in [1.807, 2.05) is 0 Å². The van der Waals surface area contributed by atoms with E-state index in [9.17, 15) is 8.78 Å². The topological polar surface area (TPSA) is 51.1 Å². The second-order valence-electron chi connectivity index (χ2n) is 6.00. The molecule has 134 valence electrons. The molecule has 2 heterocycles. The Balaban J connectivity index is 1.67. The maximum Gasteiger partial charge on any atom is 0.177 e. The number of alkyl halides is 1. The summed E-state index contributed by atoms with van der Waals surface area (Å²) in [6.45, 7) is -0.156. The number of nitrogens with zero attached hydrogens (tertiary/aromatic N) is 4. The number of pyridine rings is 1. The van der Waals surface area contributed by atoms with Crippen molar-refractivity contribution in [3.8, 4) is 5.75 Å². The first-order valence-electron chi connectivity index (χ1n) is 7.80. The van der Waals surface area contributed by atoms with Gasteiger partial charge < -0.3 is 4.74 Å². The molecule has 0 spiro atoms. The van der Waals surface area contributed by atoms with Gasteiger partial charge in [0.1, 0.15) is 34.9 Å².